The molecule has 16 nitrogen and oxygen atoms in total. The van der Waals surface area contributed by atoms with Crippen molar-refractivity contribution in [3.05, 3.63) is 52.5 Å². The Bertz CT molecular complexity index is 2130. The Hall–Kier alpha value is -4.58. The third-order valence-electron chi connectivity index (χ3n) is 13.2. The van der Waals surface area contributed by atoms with Crippen LogP contribution < -0.4 is 26.0 Å². The number of alkyl carbamates (subject to hydrolysis) is 1. The molecule has 0 radical (unpaired) electrons. The van der Waals surface area contributed by atoms with E-state index in [0.717, 1.165) is 43.3 Å². The van der Waals surface area contributed by atoms with Crippen LogP contribution in [0.25, 0.3) is 5.76 Å². The molecule has 2 unspecified atom stereocenters. The molecule has 3 aliphatic carbocycles. The highest BCUT2D eigenvalue weighted by Crippen LogP contribution is 2.53. The number of hydrogen-bond donors (Lipinski definition) is 4. The molecule has 2 saturated heterocycles. The minimum atomic E-state index is -1.30. The van der Waals surface area contributed by atoms with Crippen LogP contribution >= 0.6 is 22.9 Å². The number of hydrogen-bond acceptors (Lipinski definition) is 14. The lowest BCUT2D eigenvalue weighted by atomic mass is 9.85. The highest BCUT2D eigenvalue weighted by atomic mass is 35.5. The number of morpholine rings is 1. The molecular weight excluding hydrogens is 862 g/mol. The van der Waals surface area contributed by atoms with Crippen LogP contribution in [0.15, 0.2) is 36.2 Å². The zero-order chi connectivity index (χ0) is 45.5. The van der Waals surface area contributed by atoms with Crippen molar-refractivity contribution in [2.24, 2.45) is 23.2 Å². The second kappa shape index (κ2) is 18.7. The molecule has 3 saturated carbocycles. The van der Waals surface area contributed by atoms with E-state index in [9.17, 15) is 19.2 Å². The molecule has 64 heavy (non-hydrogen) atoms. The highest BCUT2D eigenvalue weighted by molar-refractivity contribution is 7.13. The summed E-state index contributed by atoms with van der Waals surface area (Å²) in [6.07, 6.45) is 5.23. The molecule has 5 fully saturated rings. The van der Waals surface area contributed by atoms with Crippen LogP contribution in [-0.4, -0.2) is 128 Å². The molecule has 18 heteroatoms. The van der Waals surface area contributed by atoms with Gasteiger partial charge in [-0.15, -0.1) is 17.9 Å². The molecule has 3 amide bonds. The van der Waals surface area contributed by atoms with Gasteiger partial charge < -0.3 is 49.9 Å². The maximum absolute atomic E-state index is 14.9. The van der Waals surface area contributed by atoms with Gasteiger partial charge in [0.2, 0.25) is 11.8 Å². The number of carbonyl (C=O) groups is 4. The molecule has 0 bridgehead atoms. The van der Waals surface area contributed by atoms with E-state index >= 15 is 0 Å². The number of anilines is 2. The Morgan fingerprint density at radius 1 is 1.11 bits per heavy atom. The van der Waals surface area contributed by atoms with E-state index in [4.69, 9.17) is 40.3 Å². The number of methoxy groups -OCH3 is 1. The minimum absolute atomic E-state index is 0.00270. The van der Waals surface area contributed by atoms with Crippen molar-refractivity contribution in [3.8, 4) is 5.75 Å². The van der Waals surface area contributed by atoms with Gasteiger partial charge in [0.1, 0.15) is 53.0 Å². The molecule has 0 spiro atoms. The summed E-state index contributed by atoms with van der Waals surface area (Å²) < 4.78 is 29.6. The molecule has 9 atom stereocenters. The van der Waals surface area contributed by atoms with Gasteiger partial charge in [-0.1, -0.05) is 38.4 Å². The number of nitrogens with one attached hydrogen (secondary N) is 4. The summed E-state index contributed by atoms with van der Waals surface area (Å²) in [5.74, 6) is 0.264. The Morgan fingerprint density at radius 3 is 2.53 bits per heavy atom. The van der Waals surface area contributed by atoms with Gasteiger partial charge in [-0.3, -0.25) is 14.5 Å². The predicted octanol–water partition coefficient (Wildman–Crippen LogP) is 5.99. The van der Waals surface area contributed by atoms with E-state index in [1.807, 2.05) is 58.2 Å². The SMILES string of the molecule is C=C[C@@H]1CC1(NC(=O)[C@@H]1C[C@@H](OC2=CC(c3csc(NC(C)C)n3)Nc3c2ccc(OCCN2CCOCC2)c3Cl)CN1C(=O)[C@@H](NC(=O)O[C@@H]1C[C@@H]2C[C@@H]2C1)C(C)(C)C)C(=O)OC. The summed E-state index contributed by atoms with van der Waals surface area (Å²) in [5.41, 5.74) is -0.0658. The zero-order valence-electron chi connectivity index (χ0n) is 37.6. The molecule has 4 N–H and O–H groups in total. The highest BCUT2D eigenvalue weighted by Gasteiger charge is 2.62. The van der Waals surface area contributed by atoms with Crippen molar-refractivity contribution >= 4 is 63.4 Å². The predicted molar refractivity (Wildman–Crippen MR) is 243 cm³/mol. The average molecular weight is 925 g/mol. The lowest BCUT2D eigenvalue weighted by molar-refractivity contribution is -0.148. The Morgan fingerprint density at radius 2 is 1.86 bits per heavy atom. The van der Waals surface area contributed by atoms with Crippen molar-refractivity contribution in [2.75, 3.05) is 63.7 Å². The minimum Gasteiger partial charge on any atom is -0.491 e. The molecule has 4 heterocycles. The Labute approximate surface area is 384 Å². The fourth-order valence-corrected chi connectivity index (χ4v) is 10.6. The van der Waals surface area contributed by atoms with Gasteiger partial charge in [0.15, 0.2) is 5.13 Å². The lowest BCUT2D eigenvalue weighted by Gasteiger charge is -2.35. The van der Waals surface area contributed by atoms with Crippen LogP contribution in [0.5, 0.6) is 5.75 Å². The summed E-state index contributed by atoms with van der Waals surface area (Å²) >= 11 is 8.66. The molecule has 8 rings (SSSR count). The number of carbonyl (C=O) groups excluding carboxylic acids is 4. The number of rotatable bonds is 16. The quantitative estimate of drug-likeness (QED) is 0.114. The van der Waals surface area contributed by atoms with E-state index < -0.39 is 59.1 Å². The number of ether oxygens (including phenoxy) is 5. The van der Waals surface area contributed by atoms with Gasteiger partial charge >= 0.3 is 12.1 Å². The maximum Gasteiger partial charge on any atom is 0.408 e. The van der Waals surface area contributed by atoms with E-state index in [0.29, 0.717) is 65.9 Å². The molecular formula is C46H62ClN7O9S. The number of halogens is 1. The number of benzene rings is 1. The second-order valence-electron chi connectivity index (χ2n) is 19.3. The first-order valence-electron chi connectivity index (χ1n) is 22.5. The summed E-state index contributed by atoms with van der Waals surface area (Å²) in [6.45, 7) is 17.7. The van der Waals surface area contributed by atoms with Crippen LogP contribution in [0.2, 0.25) is 5.02 Å². The van der Waals surface area contributed by atoms with Crippen LogP contribution in [0.4, 0.5) is 15.6 Å². The van der Waals surface area contributed by atoms with E-state index in [2.05, 4.69) is 32.7 Å². The largest absolute Gasteiger partial charge is 0.491 e. The number of aromatic nitrogens is 1. The number of likely N-dealkylation sites (tertiary alicyclic amines) is 1. The second-order valence-corrected chi connectivity index (χ2v) is 20.5. The molecule has 1 aromatic carbocycles. The summed E-state index contributed by atoms with van der Waals surface area (Å²) in [5, 5.41) is 15.9. The smallest absolute Gasteiger partial charge is 0.408 e. The van der Waals surface area contributed by atoms with Crippen LogP contribution in [-0.2, 0) is 33.3 Å². The zero-order valence-corrected chi connectivity index (χ0v) is 39.1. The molecule has 1 aromatic heterocycles. The molecule has 348 valence electrons. The van der Waals surface area contributed by atoms with Crippen molar-refractivity contribution in [1.29, 1.82) is 0 Å². The number of fused-ring (bicyclic) bond motifs is 2. The standard InChI is InChI=1S/C46H62ClN7O9S/c1-8-28-22-46(28,42(57)59-7)52-40(55)34-20-30(23-54(34)41(56)39(45(4,5)6)51-44(58)63-29-18-26-17-27(26)19-29)62-36-21-32(33-24-64-43(50-33)48-25(2)3)49-38-31(36)9-10-35(37(38)47)61-16-13-53-11-14-60-15-12-53/h8-10,21,24-30,32,34,39,49H,1,11-20,22-23H2,2-7H3,(H,48,50)(H,51,58)(H,52,55)/t26-,27+,28-,29+,30-,32?,34+,39-,46?/m1/s1. The monoisotopic (exact) mass is 923 g/mol. The average Bonchev–Trinajstić information content (AvgIpc) is 3.92. The first-order chi connectivity index (χ1) is 30.6. The normalized spacial score (nSPS) is 28.7. The third kappa shape index (κ3) is 9.97. The van der Waals surface area contributed by atoms with Crippen LogP contribution in [0.3, 0.4) is 0 Å². The first-order valence-corrected chi connectivity index (χ1v) is 23.8. The van der Waals surface area contributed by atoms with Gasteiger partial charge in [0.05, 0.1) is 44.3 Å². The molecule has 2 aromatic rings. The van der Waals surface area contributed by atoms with Gasteiger partial charge in [0.25, 0.3) is 0 Å². The number of esters is 1. The van der Waals surface area contributed by atoms with Gasteiger partial charge in [-0.25, -0.2) is 14.6 Å². The third-order valence-corrected chi connectivity index (χ3v) is 14.4. The van der Waals surface area contributed by atoms with Crippen LogP contribution in [0, 0.1) is 23.2 Å². The topological polar surface area (TPSA) is 182 Å². The van der Waals surface area contributed by atoms with E-state index in [1.165, 1.54) is 29.8 Å². The Kier molecular flexibility index (Phi) is 13.4. The lowest BCUT2D eigenvalue weighted by Crippen LogP contribution is -2.59. The Balaban J connectivity index is 1.07. The molecule has 3 aliphatic heterocycles. The summed E-state index contributed by atoms with van der Waals surface area (Å²) in [4.78, 5) is 64.5. The molecule has 6 aliphatic rings. The number of nitrogens with zero attached hydrogens (tertiary/aromatic N) is 3. The fraction of sp³-hybridized carbons (Fsp3) is 0.630. The van der Waals surface area contributed by atoms with Crippen molar-refractivity contribution in [1.82, 2.24) is 25.4 Å². The van der Waals surface area contributed by atoms with Gasteiger partial charge in [-0.05, 0) is 75.0 Å². The maximum atomic E-state index is 14.9. The van der Waals surface area contributed by atoms with Crippen LogP contribution in [0.1, 0.15) is 84.0 Å². The van der Waals surface area contributed by atoms with Crippen molar-refractivity contribution < 1.29 is 42.9 Å². The first kappa shape index (κ1) is 46.0. The van der Waals surface area contributed by atoms with Crippen molar-refractivity contribution in [3.63, 3.8) is 0 Å². The fourth-order valence-electron chi connectivity index (χ4n) is 9.48. The van der Waals surface area contributed by atoms with Gasteiger partial charge in [0, 0.05) is 49.0 Å². The van der Waals surface area contributed by atoms with E-state index in [-0.39, 0.29) is 31.0 Å². The summed E-state index contributed by atoms with van der Waals surface area (Å²) in [7, 11) is 1.27. The number of amides is 3. The summed E-state index contributed by atoms with van der Waals surface area (Å²) in [6, 6.07) is 1.30. The van der Waals surface area contributed by atoms with E-state index in [1.54, 1.807) is 6.08 Å². The number of thiazole rings is 1. The van der Waals surface area contributed by atoms with Crippen molar-refractivity contribution in [2.45, 2.75) is 109 Å². The van der Waals surface area contributed by atoms with Gasteiger partial charge in [-0.2, -0.15) is 0 Å².